The Bertz CT molecular complexity index is 985. The first-order valence-electron chi connectivity index (χ1n) is 11.9. The molecule has 0 saturated heterocycles. The van der Waals surface area contributed by atoms with Gasteiger partial charge in [-0.15, -0.1) is 0 Å². The van der Waals surface area contributed by atoms with Gasteiger partial charge in [-0.3, -0.25) is 0 Å². The summed E-state index contributed by atoms with van der Waals surface area (Å²) < 4.78 is 20.4. The Balaban J connectivity index is 1.54. The first kappa shape index (κ1) is 26.4. The molecule has 186 valence electrons. The highest BCUT2D eigenvalue weighted by atomic mass is 16.7. The molecule has 0 fully saturated rings. The van der Waals surface area contributed by atoms with Crippen LogP contribution >= 0.6 is 0 Å². The van der Waals surface area contributed by atoms with Crippen LogP contribution in [0.15, 0.2) is 61.7 Å². The van der Waals surface area contributed by atoms with E-state index >= 15 is 0 Å². The quantitative estimate of drug-likeness (QED) is 0.160. The smallest absolute Gasteiger partial charge is 0.332 e. The van der Waals surface area contributed by atoms with Crippen LogP contribution in [0.1, 0.15) is 48.9 Å². The van der Waals surface area contributed by atoms with E-state index in [4.69, 9.17) is 18.9 Å². The van der Waals surface area contributed by atoms with Gasteiger partial charge in [-0.1, -0.05) is 63.4 Å². The van der Waals surface area contributed by atoms with Gasteiger partial charge in [0.25, 0.3) is 0 Å². The second-order valence-electron chi connectivity index (χ2n) is 8.98. The average molecular weight is 479 g/mol. The Morgan fingerprint density at radius 3 is 1.60 bits per heavy atom. The summed E-state index contributed by atoms with van der Waals surface area (Å²) in [4.78, 5) is 22.1. The molecule has 0 aromatic heterocycles. The van der Waals surface area contributed by atoms with Crippen molar-refractivity contribution in [3.8, 4) is 11.1 Å². The van der Waals surface area contributed by atoms with Crippen molar-refractivity contribution in [2.24, 2.45) is 0 Å². The maximum atomic E-state index is 11.0. The van der Waals surface area contributed by atoms with Gasteiger partial charge < -0.3 is 18.9 Å². The van der Waals surface area contributed by atoms with E-state index in [1.54, 1.807) is 0 Å². The van der Waals surface area contributed by atoms with Crippen molar-refractivity contribution in [3.05, 3.63) is 84.0 Å². The molecule has 2 aromatic rings. The SMILES string of the molecule is C=CC(=O)OCOCCCc1ccc2c(c1)C(C)(C)c1cc(CCCOCOC(=O)C=C)ccc1-2. The third kappa shape index (κ3) is 6.90. The van der Waals surface area contributed by atoms with E-state index < -0.39 is 11.9 Å². The predicted octanol–water partition coefficient (Wildman–Crippen LogP) is 5.26. The molecule has 1 aliphatic rings. The molecule has 0 saturated carbocycles. The maximum Gasteiger partial charge on any atom is 0.332 e. The fourth-order valence-electron chi connectivity index (χ4n) is 4.33. The monoisotopic (exact) mass is 478 g/mol. The minimum atomic E-state index is -0.478. The van der Waals surface area contributed by atoms with Crippen molar-refractivity contribution in [1.82, 2.24) is 0 Å². The summed E-state index contributed by atoms with van der Waals surface area (Å²) in [6, 6.07) is 13.4. The number of carbonyl (C=O) groups is 2. The zero-order chi connectivity index (χ0) is 25.3. The van der Waals surface area contributed by atoms with Crippen molar-refractivity contribution in [2.45, 2.75) is 44.9 Å². The number of carbonyl (C=O) groups excluding carboxylic acids is 2. The normalized spacial score (nSPS) is 13.0. The summed E-state index contributed by atoms with van der Waals surface area (Å²) in [5, 5.41) is 0. The lowest BCUT2D eigenvalue weighted by Gasteiger charge is -2.22. The molecule has 0 amide bonds. The van der Waals surface area contributed by atoms with Crippen LogP contribution in [0.5, 0.6) is 0 Å². The summed E-state index contributed by atoms with van der Waals surface area (Å²) in [5.74, 6) is -0.957. The van der Waals surface area contributed by atoms with Gasteiger partial charge in [0.05, 0.1) is 13.2 Å². The van der Waals surface area contributed by atoms with Crippen molar-refractivity contribution in [2.75, 3.05) is 26.8 Å². The highest BCUT2D eigenvalue weighted by Crippen LogP contribution is 2.49. The van der Waals surface area contributed by atoms with E-state index in [9.17, 15) is 9.59 Å². The van der Waals surface area contributed by atoms with Gasteiger partial charge in [0.1, 0.15) is 0 Å². The highest BCUT2D eigenvalue weighted by Gasteiger charge is 2.35. The standard InChI is InChI=1S/C29H34O6/c1-5-27(30)34-19-32-15-7-9-21-11-13-23-24-14-12-22(10-8-16-33-20-35-28(31)6-2)18-26(24)29(3,4)25(23)17-21/h5-6,11-14,17-18H,1-2,7-10,15-16,19-20H2,3-4H3. The Morgan fingerprint density at radius 1 is 0.771 bits per heavy atom. The number of hydrogen-bond acceptors (Lipinski definition) is 6. The van der Waals surface area contributed by atoms with E-state index in [0.29, 0.717) is 13.2 Å². The van der Waals surface area contributed by atoms with Crippen LogP contribution in [-0.4, -0.2) is 38.7 Å². The first-order valence-corrected chi connectivity index (χ1v) is 11.9. The summed E-state index contributed by atoms with van der Waals surface area (Å²) in [6.45, 7) is 12.2. The lowest BCUT2D eigenvalue weighted by molar-refractivity contribution is -0.151. The molecule has 0 bridgehead atoms. The minimum absolute atomic E-state index is 0.0470. The molecule has 0 spiro atoms. The van der Waals surface area contributed by atoms with Gasteiger partial charge in [0.15, 0.2) is 13.6 Å². The first-order chi connectivity index (χ1) is 16.9. The topological polar surface area (TPSA) is 71.1 Å². The number of hydrogen-bond donors (Lipinski definition) is 0. The average Bonchev–Trinajstić information content (AvgIpc) is 3.08. The molecule has 6 heteroatoms. The molecular formula is C29H34O6. The molecule has 0 radical (unpaired) electrons. The Kier molecular flexibility index (Phi) is 9.40. The summed E-state index contributed by atoms with van der Waals surface area (Å²) in [7, 11) is 0. The number of aryl methyl sites for hydroxylation is 2. The summed E-state index contributed by atoms with van der Waals surface area (Å²) in [5.41, 5.74) is 7.73. The second kappa shape index (κ2) is 12.5. The van der Waals surface area contributed by atoms with Crippen LogP contribution in [-0.2, 0) is 46.8 Å². The number of rotatable bonds is 14. The molecule has 35 heavy (non-hydrogen) atoms. The van der Waals surface area contributed by atoms with E-state index in [2.05, 4.69) is 63.4 Å². The van der Waals surface area contributed by atoms with Crippen LogP contribution in [0, 0.1) is 0 Å². The number of ether oxygens (including phenoxy) is 4. The van der Waals surface area contributed by atoms with E-state index in [1.165, 1.54) is 33.4 Å². The predicted molar refractivity (Wildman–Crippen MR) is 135 cm³/mol. The van der Waals surface area contributed by atoms with E-state index in [-0.39, 0.29) is 19.0 Å². The van der Waals surface area contributed by atoms with Gasteiger partial charge in [-0.25, -0.2) is 9.59 Å². The second-order valence-corrected chi connectivity index (χ2v) is 8.98. The molecule has 0 heterocycles. The van der Waals surface area contributed by atoms with Crippen LogP contribution < -0.4 is 0 Å². The third-order valence-corrected chi connectivity index (χ3v) is 6.22. The molecule has 0 atom stereocenters. The minimum Gasteiger partial charge on any atom is -0.435 e. The summed E-state index contributed by atoms with van der Waals surface area (Å²) >= 11 is 0. The number of esters is 2. The number of benzene rings is 2. The number of fused-ring (bicyclic) bond motifs is 3. The van der Waals surface area contributed by atoms with Crippen LogP contribution in [0.2, 0.25) is 0 Å². The van der Waals surface area contributed by atoms with Crippen molar-refractivity contribution in [3.63, 3.8) is 0 Å². The van der Waals surface area contributed by atoms with Crippen LogP contribution in [0.4, 0.5) is 0 Å². The Labute approximate surface area is 207 Å². The Hall–Kier alpha value is -3.22. The molecule has 0 aliphatic heterocycles. The molecule has 0 unspecified atom stereocenters. The molecule has 2 aromatic carbocycles. The highest BCUT2D eigenvalue weighted by molar-refractivity contribution is 5.82. The molecular weight excluding hydrogens is 444 g/mol. The summed E-state index contributed by atoms with van der Waals surface area (Å²) in [6.07, 6.45) is 5.72. The lowest BCUT2D eigenvalue weighted by atomic mass is 9.81. The van der Waals surface area contributed by atoms with E-state index in [1.807, 2.05) is 0 Å². The van der Waals surface area contributed by atoms with Crippen LogP contribution in [0.25, 0.3) is 11.1 Å². The van der Waals surface area contributed by atoms with Gasteiger partial charge >= 0.3 is 11.9 Å². The molecule has 0 N–H and O–H groups in total. The molecule has 1 aliphatic carbocycles. The lowest BCUT2D eigenvalue weighted by Crippen LogP contribution is -2.15. The van der Waals surface area contributed by atoms with Crippen molar-refractivity contribution in [1.29, 1.82) is 0 Å². The van der Waals surface area contributed by atoms with Gasteiger partial charge in [0.2, 0.25) is 0 Å². The molecule has 3 rings (SSSR count). The zero-order valence-corrected chi connectivity index (χ0v) is 20.6. The Morgan fingerprint density at radius 2 is 1.20 bits per heavy atom. The van der Waals surface area contributed by atoms with Gasteiger partial charge in [0, 0.05) is 17.6 Å². The molecule has 6 nitrogen and oxygen atoms in total. The van der Waals surface area contributed by atoms with Crippen LogP contribution in [0.3, 0.4) is 0 Å². The van der Waals surface area contributed by atoms with E-state index in [0.717, 1.165) is 37.8 Å². The fourth-order valence-corrected chi connectivity index (χ4v) is 4.33. The fraction of sp³-hybridized carbons (Fsp3) is 0.379. The maximum absolute atomic E-state index is 11.0. The van der Waals surface area contributed by atoms with Gasteiger partial charge in [-0.2, -0.15) is 0 Å². The third-order valence-electron chi connectivity index (χ3n) is 6.22. The van der Waals surface area contributed by atoms with Crippen molar-refractivity contribution < 1.29 is 28.5 Å². The zero-order valence-electron chi connectivity index (χ0n) is 20.6. The largest absolute Gasteiger partial charge is 0.435 e. The van der Waals surface area contributed by atoms with Gasteiger partial charge in [-0.05, 0) is 59.1 Å². The van der Waals surface area contributed by atoms with Crippen molar-refractivity contribution >= 4 is 11.9 Å².